The fourth-order valence-electron chi connectivity index (χ4n) is 2.85. The van der Waals surface area contributed by atoms with Gasteiger partial charge in [-0.25, -0.2) is 13.2 Å². The summed E-state index contributed by atoms with van der Waals surface area (Å²) in [5.74, 6) is -2.74. The lowest BCUT2D eigenvalue weighted by atomic mass is 9.95. The van der Waals surface area contributed by atoms with Gasteiger partial charge in [-0.15, -0.1) is 0 Å². The minimum Gasteiger partial charge on any atom is -0.480 e. The Morgan fingerprint density at radius 3 is 2.57 bits per heavy atom. The van der Waals surface area contributed by atoms with Gasteiger partial charge in [0.25, 0.3) is 5.91 Å². The van der Waals surface area contributed by atoms with Gasteiger partial charge in [0.2, 0.25) is 5.91 Å². The van der Waals surface area contributed by atoms with Gasteiger partial charge in [0.05, 0.1) is 5.57 Å². The highest BCUT2D eigenvalue weighted by Gasteiger charge is 2.70. The Balaban J connectivity index is 2.31. The first-order valence-corrected chi connectivity index (χ1v) is 8.60. The fraction of sp³-hybridized carbons (Fsp3) is 0.615. The molecule has 2 aliphatic rings. The smallest absolute Gasteiger partial charge is 0.328 e. The molecule has 0 spiro atoms. The average Bonchev–Trinajstić information content (AvgIpc) is 2.58. The molecular formula is C13H19N3O6S. The van der Waals surface area contributed by atoms with E-state index < -0.39 is 43.8 Å². The summed E-state index contributed by atoms with van der Waals surface area (Å²) in [6, 6.07) is -1.47. The first kappa shape index (κ1) is 17.4. The normalized spacial score (nSPS) is 29.1. The number of hydrogen-bond acceptors (Lipinski definition) is 6. The lowest BCUT2D eigenvalue weighted by Crippen LogP contribution is -2.59. The van der Waals surface area contributed by atoms with Gasteiger partial charge < -0.3 is 21.1 Å². The minimum atomic E-state index is -3.96. The summed E-state index contributed by atoms with van der Waals surface area (Å²) in [6.07, 6.45) is 1.47. The third kappa shape index (κ3) is 2.41. The number of nitrogens with two attached hydrogens (primary N) is 1. The van der Waals surface area contributed by atoms with Crippen molar-refractivity contribution in [3.8, 4) is 0 Å². The van der Waals surface area contributed by atoms with Crippen LogP contribution in [0.3, 0.4) is 0 Å². The highest BCUT2D eigenvalue weighted by Crippen LogP contribution is 2.48. The Kier molecular flexibility index (Phi) is 4.24. The molecule has 2 atom stereocenters. The molecule has 9 nitrogen and oxygen atoms in total. The predicted molar refractivity (Wildman–Crippen MR) is 79.8 cm³/mol. The first-order valence-electron chi connectivity index (χ1n) is 7.05. The number of carbonyl (C=O) groups is 3. The highest BCUT2D eigenvalue weighted by molar-refractivity contribution is 7.94. The van der Waals surface area contributed by atoms with E-state index in [-0.39, 0.29) is 5.57 Å². The predicted octanol–water partition coefficient (Wildman–Crippen LogP) is -1.79. The van der Waals surface area contributed by atoms with Gasteiger partial charge in [0.15, 0.2) is 21.3 Å². The van der Waals surface area contributed by atoms with Crippen molar-refractivity contribution in [1.29, 1.82) is 0 Å². The lowest BCUT2D eigenvalue weighted by Gasteiger charge is -2.37. The van der Waals surface area contributed by atoms with Crippen molar-refractivity contribution in [1.82, 2.24) is 10.2 Å². The Hall–Kier alpha value is -1.94. The van der Waals surface area contributed by atoms with Crippen molar-refractivity contribution in [3.63, 3.8) is 0 Å². The van der Waals surface area contributed by atoms with Crippen molar-refractivity contribution >= 4 is 27.6 Å². The Labute approximate surface area is 133 Å². The van der Waals surface area contributed by atoms with Crippen molar-refractivity contribution in [3.05, 3.63) is 11.6 Å². The fourth-order valence-corrected chi connectivity index (χ4v) is 4.97. The zero-order valence-electron chi connectivity index (χ0n) is 12.8. The van der Waals surface area contributed by atoms with E-state index in [1.165, 1.54) is 13.8 Å². The number of nitrogens with one attached hydrogen (secondary N) is 1. The van der Waals surface area contributed by atoms with Crippen LogP contribution < -0.4 is 11.1 Å². The van der Waals surface area contributed by atoms with Crippen LogP contribution in [0.15, 0.2) is 11.6 Å². The molecule has 2 heterocycles. The largest absolute Gasteiger partial charge is 0.480 e. The van der Waals surface area contributed by atoms with E-state index in [9.17, 15) is 27.9 Å². The van der Waals surface area contributed by atoms with E-state index in [0.717, 1.165) is 11.0 Å². The Morgan fingerprint density at radius 1 is 1.43 bits per heavy atom. The first-order chi connectivity index (χ1) is 10.6. The molecule has 2 fully saturated rings. The maximum Gasteiger partial charge on any atom is 0.328 e. The average molecular weight is 345 g/mol. The number of β-lactam (4-membered cyclic amide) rings is 1. The van der Waals surface area contributed by atoms with Crippen molar-refractivity contribution in [2.24, 2.45) is 5.73 Å². The SMILES string of the molecule is CC1(C)[C@H](C(=O)O)N2C(=O)C(=CC(=O)NCCCN)[C@H]2S1(=O)=O. The van der Waals surface area contributed by atoms with Crippen LogP contribution in [0, 0.1) is 0 Å². The summed E-state index contributed by atoms with van der Waals surface area (Å²) in [6.45, 7) is 3.23. The summed E-state index contributed by atoms with van der Waals surface area (Å²) in [4.78, 5) is 36.1. The molecular weight excluding hydrogens is 326 g/mol. The molecule has 0 aromatic heterocycles. The van der Waals surface area contributed by atoms with Gasteiger partial charge in [0.1, 0.15) is 4.75 Å². The summed E-state index contributed by atoms with van der Waals surface area (Å²) in [5.41, 5.74) is 5.09. The van der Waals surface area contributed by atoms with Gasteiger partial charge in [0, 0.05) is 12.6 Å². The summed E-state index contributed by atoms with van der Waals surface area (Å²) in [5, 5.41) is 10.4. The maximum absolute atomic E-state index is 12.5. The molecule has 2 saturated heterocycles. The van der Waals surface area contributed by atoms with Crippen LogP contribution >= 0.6 is 0 Å². The second kappa shape index (κ2) is 5.60. The van der Waals surface area contributed by atoms with E-state index in [1.54, 1.807) is 0 Å². The molecule has 128 valence electrons. The second-order valence-corrected chi connectivity index (χ2v) is 8.58. The number of hydrogen-bond donors (Lipinski definition) is 3. The maximum atomic E-state index is 12.5. The van der Waals surface area contributed by atoms with E-state index in [1.807, 2.05) is 0 Å². The minimum absolute atomic E-state index is 0.202. The number of carboxylic acids is 1. The van der Waals surface area contributed by atoms with Crippen molar-refractivity contribution < 1.29 is 27.9 Å². The molecule has 2 aliphatic heterocycles. The monoisotopic (exact) mass is 345 g/mol. The zero-order chi connectivity index (χ0) is 17.6. The lowest BCUT2D eigenvalue weighted by molar-refractivity contribution is -0.152. The summed E-state index contributed by atoms with van der Waals surface area (Å²) in [7, 11) is -3.96. The molecule has 10 heteroatoms. The number of carboxylic acid groups (broad SMARTS) is 1. The van der Waals surface area contributed by atoms with Gasteiger partial charge in [-0.3, -0.25) is 9.59 Å². The van der Waals surface area contributed by atoms with E-state index in [2.05, 4.69) is 5.32 Å². The third-order valence-electron chi connectivity index (χ3n) is 4.16. The van der Waals surface area contributed by atoms with Gasteiger partial charge in [-0.05, 0) is 26.8 Å². The molecule has 0 aliphatic carbocycles. The summed E-state index contributed by atoms with van der Waals surface area (Å²) < 4.78 is 23.5. The summed E-state index contributed by atoms with van der Waals surface area (Å²) >= 11 is 0. The number of rotatable bonds is 5. The van der Waals surface area contributed by atoms with Crippen LogP contribution in [0.5, 0.6) is 0 Å². The molecule has 0 unspecified atom stereocenters. The number of aliphatic carboxylic acids is 1. The number of nitrogens with zero attached hydrogens (tertiary/aromatic N) is 1. The molecule has 0 aromatic carbocycles. The van der Waals surface area contributed by atoms with Crippen LogP contribution in [0.2, 0.25) is 0 Å². The van der Waals surface area contributed by atoms with E-state index in [0.29, 0.717) is 19.5 Å². The van der Waals surface area contributed by atoms with Crippen LogP contribution in [-0.2, 0) is 24.2 Å². The zero-order valence-corrected chi connectivity index (χ0v) is 13.6. The van der Waals surface area contributed by atoms with Crippen molar-refractivity contribution in [2.75, 3.05) is 13.1 Å². The van der Waals surface area contributed by atoms with E-state index >= 15 is 0 Å². The van der Waals surface area contributed by atoms with Crippen LogP contribution in [-0.4, -0.2) is 65.5 Å². The highest BCUT2D eigenvalue weighted by atomic mass is 32.2. The Morgan fingerprint density at radius 2 is 2.04 bits per heavy atom. The second-order valence-electron chi connectivity index (χ2n) is 5.99. The molecule has 2 rings (SSSR count). The molecule has 0 bridgehead atoms. The molecule has 0 radical (unpaired) electrons. The van der Waals surface area contributed by atoms with Gasteiger partial charge >= 0.3 is 5.97 Å². The van der Waals surface area contributed by atoms with Gasteiger partial charge in [-0.1, -0.05) is 0 Å². The van der Waals surface area contributed by atoms with Crippen molar-refractivity contribution in [2.45, 2.75) is 36.4 Å². The van der Waals surface area contributed by atoms with Crippen LogP contribution in [0.4, 0.5) is 0 Å². The van der Waals surface area contributed by atoms with Gasteiger partial charge in [-0.2, -0.15) is 0 Å². The standard InChI is InChI=1S/C13H19N3O6S/c1-13(2)9(12(19)20)16-10(18)7(11(16)23(13,21)22)6-8(17)15-5-3-4-14/h6,9,11H,3-5,14H2,1-2H3,(H,15,17)(H,19,20)/t9-,11+/m0/s1. The number of fused-ring (bicyclic) bond motifs is 1. The quantitative estimate of drug-likeness (QED) is 0.303. The number of carbonyl (C=O) groups excluding carboxylic acids is 2. The molecule has 0 saturated carbocycles. The molecule has 0 aromatic rings. The van der Waals surface area contributed by atoms with Crippen LogP contribution in [0.1, 0.15) is 20.3 Å². The molecule has 2 amide bonds. The van der Waals surface area contributed by atoms with Crippen LogP contribution in [0.25, 0.3) is 0 Å². The topological polar surface area (TPSA) is 147 Å². The number of sulfone groups is 1. The number of amides is 2. The Bertz CT molecular complexity index is 696. The molecule has 4 N–H and O–H groups in total. The molecule has 23 heavy (non-hydrogen) atoms. The van der Waals surface area contributed by atoms with E-state index in [4.69, 9.17) is 5.73 Å². The third-order valence-corrected chi connectivity index (χ3v) is 6.92.